The van der Waals surface area contributed by atoms with Crippen LogP contribution in [0.25, 0.3) is 78.4 Å². The first-order valence-corrected chi connectivity index (χ1v) is 17.6. The van der Waals surface area contributed by atoms with Crippen LogP contribution in [0.1, 0.15) is 25.0 Å². The second-order valence-electron chi connectivity index (χ2n) is 13.8. The largest absolute Gasteiger partial charge is 0.228 e. The van der Waals surface area contributed by atoms with Gasteiger partial charge in [0.15, 0.2) is 5.82 Å². The third kappa shape index (κ3) is 5.56. The molecule has 9 rings (SSSR count). The highest BCUT2D eigenvalue weighted by atomic mass is 14.9. The fourth-order valence-corrected chi connectivity index (χ4v) is 7.74. The van der Waals surface area contributed by atoms with Gasteiger partial charge in [0, 0.05) is 22.1 Å². The Bertz CT molecular complexity index is 2530. The highest BCUT2D eigenvalue weighted by Crippen LogP contribution is 2.52. The molecule has 1 aliphatic carbocycles. The molecular weight excluding hydrogens is 617 g/mol. The monoisotopic (exact) mass is 652 g/mol. The van der Waals surface area contributed by atoms with Crippen LogP contribution in [0.4, 0.5) is 0 Å². The average Bonchev–Trinajstić information content (AvgIpc) is 3.44. The molecule has 242 valence electrons. The summed E-state index contributed by atoms with van der Waals surface area (Å²) in [5.74, 6) is 0.712. The van der Waals surface area contributed by atoms with Crippen molar-refractivity contribution in [3.05, 3.63) is 193 Å². The van der Waals surface area contributed by atoms with Crippen molar-refractivity contribution in [2.75, 3.05) is 0 Å². The van der Waals surface area contributed by atoms with Gasteiger partial charge in [-0.05, 0) is 73.8 Å². The quantitative estimate of drug-likeness (QED) is 0.179. The third-order valence-electron chi connectivity index (χ3n) is 10.3. The fourth-order valence-electron chi connectivity index (χ4n) is 7.74. The summed E-state index contributed by atoms with van der Waals surface area (Å²) in [7, 11) is 0. The number of fused-ring (bicyclic) bond motifs is 3. The molecule has 0 unspecified atom stereocenters. The molecule has 1 aliphatic rings. The van der Waals surface area contributed by atoms with Crippen LogP contribution < -0.4 is 0 Å². The Kier molecular flexibility index (Phi) is 7.51. The zero-order valence-electron chi connectivity index (χ0n) is 28.7. The number of rotatable bonds is 6. The van der Waals surface area contributed by atoms with Gasteiger partial charge in [0.05, 0.1) is 11.4 Å². The summed E-state index contributed by atoms with van der Waals surface area (Å²) in [5.41, 5.74) is 17.5. The van der Waals surface area contributed by atoms with Gasteiger partial charge in [-0.25, -0.2) is 9.97 Å². The molecule has 0 spiro atoms. The van der Waals surface area contributed by atoms with Crippen molar-refractivity contribution in [2.45, 2.75) is 19.3 Å². The minimum atomic E-state index is -0.0621. The van der Waals surface area contributed by atoms with Gasteiger partial charge in [0.1, 0.15) is 0 Å². The molecule has 2 nitrogen and oxygen atoms in total. The van der Waals surface area contributed by atoms with Crippen molar-refractivity contribution in [3.63, 3.8) is 0 Å². The Balaban J connectivity index is 1.09. The lowest BCUT2D eigenvalue weighted by molar-refractivity contribution is 0.662. The van der Waals surface area contributed by atoms with Gasteiger partial charge in [-0.3, -0.25) is 0 Å². The zero-order valence-corrected chi connectivity index (χ0v) is 28.7. The van der Waals surface area contributed by atoms with E-state index in [1.807, 2.05) is 24.3 Å². The van der Waals surface area contributed by atoms with Crippen LogP contribution in [0.2, 0.25) is 0 Å². The predicted molar refractivity (Wildman–Crippen MR) is 212 cm³/mol. The first-order chi connectivity index (χ1) is 25.0. The highest BCUT2D eigenvalue weighted by molar-refractivity contribution is 5.88. The van der Waals surface area contributed by atoms with E-state index in [2.05, 4.69) is 172 Å². The van der Waals surface area contributed by atoms with Gasteiger partial charge in [-0.1, -0.05) is 178 Å². The number of aromatic nitrogens is 2. The maximum atomic E-state index is 5.12. The molecule has 51 heavy (non-hydrogen) atoms. The first kappa shape index (κ1) is 30.7. The molecule has 0 bridgehead atoms. The summed E-state index contributed by atoms with van der Waals surface area (Å²) in [4.78, 5) is 10.2. The van der Waals surface area contributed by atoms with Crippen molar-refractivity contribution in [2.24, 2.45) is 0 Å². The Morgan fingerprint density at radius 1 is 0.333 bits per heavy atom. The molecule has 0 saturated carbocycles. The van der Waals surface area contributed by atoms with Crippen molar-refractivity contribution in [1.82, 2.24) is 9.97 Å². The van der Waals surface area contributed by atoms with Crippen LogP contribution in [0.5, 0.6) is 0 Å². The molecule has 7 aromatic carbocycles. The fraction of sp³-hybridized carbons (Fsp3) is 0.0612. The molecule has 1 aromatic heterocycles. The highest BCUT2D eigenvalue weighted by Gasteiger charge is 2.37. The molecule has 0 N–H and O–H groups in total. The molecule has 8 aromatic rings. The van der Waals surface area contributed by atoms with Gasteiger partial charge < -0.3 is 0 Å². The molecule has 0 saturated heterocycles. The van der Waals surface area contributed by atoms with E-state index < -0.39 is 0 Å². The van der Waals surface area contributed by atoms with Crippen LogP contribution in [-0.2, 0) is 5.41 Å². The molecule has 2 heteroatoms. The van der Waals surface area contributed by atoms with E-state index in [1.165, 1.54) is 44.5 Å². The molecule has 1 heterocycles. The molecule has 0 amide bonds. The van der Waals surface area contributed by atoms with E-state index in [-0.39, 0.29) is 5.41 Å². The second-order valence-corrected chi connectivity index (χ2v) is 13.8. The Morgan fingerprint density at radius 2 is 0.784 bits per heavy atom. The average molecular weight is 653 g/mol. The number of nitrogens with zero attached hydrogens (tertiary/aromatic N) is 2. The number of benzene rings is 7. The van der Waals surface area contributed by atoms with E-state index in [9.17, 15) is 0 Å². The van der Waals surface area contributed by atoms with Gasteiger partial charge in [0.2, 0.25) is 0 Å². The molecule has 0 radical (unpaired) electrons. The maximum Gasteiger partial charge on any atom is 0.160 e. The Labute approximate surface area is 299 Å². The summed E-state index contributed by atoms with van der Waals surface area (Å²) >= 11 is 0. The lowest BCUT2D eigenvalue weighted by Crippen LogP contribution is -2.16. The molecule has 0 fully saturated rings. The molecular formula is C49H36N2. The van der Waals surface area contributed by atoms with Crippen LogP contribution >= 0.6 is 0 Å². The van der Waals surface area contributed by atoms with E-state index >= 15 is 0 Å². The van der Waals surface area contributed by atoms with Crippen LogP contribution in [-0.4, -0.2) is 9.97 Å². The summed E-state index contributed by atoms with van der Waals surface area (Å²) in [6.45, 7) is 4.70. The summed E-state index contributed by atoms with van der Waals surface area (Å²) < 4.78 is 0. The van der Waals surface area contributed by atoms with E-state index in [0.717, 1.165) is 39.2 Å². The van der Waals surface area contributed by atoms with Crippen LogP contribution in [0, 0.1) is 0 Å². The smallest absolute Gasteiger partial charge is 0.160 e. The van der Waals surface area contributed by atoms with Crippen molar-refractivity contribution < 1.29 is 0 Å². The van der Waals surface area contributed by atoms with Crippen LogP contribution in [0.3, 0.4) is 0 Å². The van der Waals surface area contributed by atoms with Gasteiger partial charge in [-0.2, -0.15) is 0 Å². The number of hydrogen-bond acceptors (Lipinski definition) is 2. The summed E-state index contributed by atoms with van der Waals surface area (Å²) in [6, 6.07) is 64.8. The van der Waals surface area contributed by atoms with Crippen molar-refractivity contribution in [1.29, 1.82) is 0 Å². The van der Waals surface area contributed by atoms with Crippen molar-refractivity contribution >= 4 is 0 Å². The minimum absolute atomic E-state index is 0.0621. The summed E-state index contributed by atoms with van der Waals surface area (Å²) in [6.07, 6.45) is 0. The first-order valence-electron chi connectivity index (χ1n) is 17.6. The SMILES string of the molecule is CC1(C)c2ccccc2-c2cccc(-c3ccc(-c4cccc(-c5cc(-c6cccc(-c7ccccc7)c6)nc(-c6ccccc6)n5)c4)cc3)c21. The standard InChI is InChI=1S/C49H36N2/c1-49(2)44-25-10-9-22-42(44)43-24-13-23-41(47(43)49)35-28-26-34(27-29-35)38-19-12-21-40(31-38)46-32-45(50-48(51-46)36-16-7-4-8-17-36)39-20-11-18-37(30-39)33-14-5-3-6-15-33/h3-32H,1-2H3. The summed E-state index contributed by atoms with van der Waals surface area (Å²) in [5, 5.41) is 0. The minimum Gasteiger partial charge on any atom is -0.228 e. The van der Waals surface area contributed by atoms with E-state index in [4.69, 9.17) is 9.97 Å². The maximum absolute atomic E-state index is 5.12. The molecule has 0 atom stereocenters. The topological polar surface area (TPSA) is 25.8 Å². The van der Waals surface area contributed by atoms with Gasteiger partial charge in [0.25, 0.3) is 0 Å². The van der Waals surface area contributed by atoms with Gasteiger partial charge >= 0.3 is 0 Å². The van der Waals surface area contributed by atoms with E-state index in [0.29, 0.717) is 5.82 Å². The Hall–Kier alpha value is -6.38. The lowest BCUT2D eigenvalue weighted by atomic mass is 9.79. The normalized spacial score (nSPS) is 12.7. The lowest BCUT2D eigenvalue weighted by Gasteiger charge is -2.24. The predicted octanol–water partition coefficient (Wildman–Crippen LogP) is 12.8. The van der Waals surface area contributed by atoms with Crippen LogP contribution in [0.15, 0.2) is 182 Å². The zero-order chi connectivity index (χ0) is 34.4. The number of hydrogen-bond donors (Lipinski definition) is 0. The second kappa shape index (κ2) is 12.5. The van der Waals surface area contributed by atoms with E-state index in [1.54, 1.807) is 0 Å². The van der Waals surface area contributed by atoms with Gasteiger partial charge in [-0.15, -0.1) is 0 Å². The van der Waals surface area contributed by atoms with Crippen molar-refractivity contribution in [3.8, 4) is 78.4 Å². The Morgan fingerprint density at radius 3 is 1.43 bits per heavy atom. The molecule has 0 aliphatic heterocycles. The third-order valence-corrected chi connectivity index (χ3v) is 10.3.